The van der Waals surface area contributed by atoms with Gasteiger partial charge >= 0.3 is 5.97 Å². The van der Waals surface area contributed by atoms with E-state index >= 15 is 0 Å². The molecule has 7 heteroatoms. The third kappa shape index (κ3) is 4.13. The summed E-state index contributed by atoms with van der Waals surface area (Å²) in [6, 6.07) is 8.48. The predicted octanol–water partition coefficient (Wildman–Crippen LogP) is 4.82. The van der Waals surface area contributed by atoms with Crippen molar-refractivity contribution in [1.29, 1.82) is 0 Å². The van der Waals surface area contributed by atoms with E-state index in [9.17, 15) is 4.79 Å². The van der Waals surface area contributed by atoms with Gasteiger partial charge in [-0.15, -0.1) is 0 Å². The van der Waals surface area contributed by atoms with Gasteiger partial charge in [-0.3, -0.25) is 0 Å². The molecule has 2 aromatic carbocycles. The monoisotopic (exact) mass is 413 g/mol. The molecule has 2 N–H and O–H groups in total. The Bertz CT molecular complexity index is 752. The average Bonchev–Trinajstić information content (AvgIpc) is 2.56. The third-order valence-electron chi connectivity index (χ3n) is 3.34. The Labute approximate surface area is 153 Å². The third-order valence-corrected chi connectivity index (χ3v) is 4.41. The van der Waals surface area contributed by atoms with Crippen LogP contribution in [-0.2, 0) is 6.54 Å². The van der Waals surface area contributed by atoms with Crippen LogP contribution in [0.1, 0.15) is 22.8 Å². The smallest absolute Gasteiger partial charge is 0.337 e. The number of carboxylic acids is 1. The molecular formula is C17H17BrClNO4. The maximum atomic E-state index is 11.2. The van der Waals surface area contributed by atoms with Gasteiger partial charge in [0.25, 0.3) is 0 Å². The Hall–Kier alpha value is -1.92. The van der Waals surface area contributed by atoms with Crippen LogP contribution in [0.15, 0.2) is 34.8 Å². The van der Waals surface area contributed by atoms with Crippen molar-refractivity contribution in [1.82, 2.24) is 0 Å². The lowest BCUT2D eigenvalue weighted by atomic mass is 10.1. The Morgan fingerprint density at radius 2 is 2.08 bits per heavy atom. The highest BCUT2D eigenvalue weighted by molar-refractivity contribution is 9.10. The van der Waals surface area contributed by atoms with Crippen LogP contribution >= 0.6 is 27.5 Å². The van der Waals surface area contributed by atoms with E-state index in [1.165, 1.54) is 6.07 Å². The lowest BCUT2D eigenvalue weighted by Crippen LogP contribution is -2.06. The van der Waals surface area contributed by atoms with Crippen LogP contribution in [0.4, 0.5) is 5.69 Å². The number of benzene rings is 2. The fourth-order valence-corrected chi connectivity index (χ4v) is 2.85. The predicted molar refractivity (Wildman–Crippen MR) is 97.6 cm³/mol. The van der Waals surface area contributed by atoms with Crippen molar-refractivity contribution in [3.8, 4) is 11.5 Å². The number of ether oxygens (including phenoxy) is 2. The first-order valence-electron chi connectivity index (χ1n) is 7.22. The number of aromatic carboxylic acids is 1. The SMILES string of the molecule is CCOc1c(OC)ccc(Br)c1CNc1ccc(Cl)c(C(=O)O)c1. The zero-order valence-electron chi connectivity index (χ0n) is 13.2. The average molecular weight is 415 g/mol. The van der Waals surface area contributed by atoms with E-state index in [-0.39, 0.29) is 10.6 Å². The molecule has 2 aromatic rings. The summed E-state index contributed by atoms with van der Waals surface area (Å²) in [5.74, 6) is 0.217. The summed E-state index contributed by atoms with van der Waals surface area (Å²) in [4.78, 5) is 11.2. The van der Waals surface area contributed by atoms with Crippen LogP contribution in [-0.4, -0.2) is 24.8 Å². The molecule has 0 amide bonds. The Morgan fingerprint density at radius 1 is 1.33 bits per heavy atom. The second-order valence-corrected chi connectivity index (χ2v) is 6.11. The topological polar surface area (TPSA) is 67.8 Å². The van der Waals surface area contributed by atoms with Crippen molar-refractivity contribution < 1.29 is 19.4 Å². The summed E-state index contributed by atoms with van der Waals surface area (Å²) >= 11 is 9.40. The summed E-state index contributed by atoms with van der Waals surface area (Å²) in [5.41, 5.74) is 1.58. The largest absolute Gasteiger partial charge is 0.493 e. The van der Waals surface area contributed by atoms with Crippen molar-refractivity contribution in [3.05, 3.63) is 51.0 Å². The molecule has 0 saturated carbocycles. The molecule has 128 valence electrons. The molecule has 0 atom stereocenters. The van der Waals surface area contributed by atoms with Gasteiger partial charge in [-0.2, -0.15) is 0 Å². The zero-order chi connectivity index (χ0) is 17.7. The highest BCUT2D eigenvalue weighted by Gasteiger charge is 2.15. The van der Waals surface area contributed by atoms with Gasteiger partial charge in [0.1, 0.15) is 0 Å². The molecule has 0 aliphatic heterocycles. The van der Waals surface area contributed by atoms with Crippen LogP contribution in [0.25, 0.3) is 0 Å². The van der Waals surface area contributed by atoms with Crippen molar-refractivity contribution in [3.63, 3.8) is 0 Å². The number of hydrogen-bond donors (Lipinski definition) is 2. The second kappa shape index (κ2) is 8.26. The highest BCUT2D eigenvalue weighted by Crippen LogP contribution is 2.37. The van der Waals surface area contributed by atoms with Gasteiger partial charge in [-0.05, 0) is 37.3 Å². The lowest BCUT2D eigenvalue weighted by molar-refractivity contribution is 0.0697. The number of hydrogen-bond acceptors (Lipinski definition) is 4. The fraction of sp³-hybridized carbons (Fsp3) is 0.235. The molecule has 0 aliphatic carbocycles. The molecule has 0 fully saturated rings. The van der Waals surface area contributed by atoms with Gasteiger partial charge < -0.3 is 19.9 Å². The van der Waals surface area contributed by atoms with Crippen LogP contribution in [0.2, 0.25) is 5.02 Å². The van der Waals surface area contributed by atoms with Crippen molar-refractivity contribution in [2.75, 3.05) is 19.0 Å². The first-order valence-corrected chi connectivity index (χ1v) is 8.39. The number of carboxylic acid groups (broad SMARTS) is 1. The zero-order valence-corrected chi connectivity index (χ0v) is 15.6. The van der Waals surface area contributed by atoms with Crippen LogP contribution < -0.4 is 14.8 Å². The Balaban J connectivity index is 2.29. The fourth-order valence-electron chi connectivity index (χ4n) is 2.20. The number of anilines is 1. The van der Waals surface area contributed by atoms with Crippen LogP contribution in [0.3, 0.4) is 0 Å². The highest BCUT2D eigenvalue weighted by atomic mass is 79.9. The molecule has 2 rings (SSSR count). The summed E-state index contributed by atoms with van der Waals surface area (Å²) in [6.07, 6.45) is 0. The molecule has 0 radical (unpaired) electrons. The summed E-state index contributed by atoms with van der Waals surface area (Å²) < 4.78 is 11.9. The van der Waals surface area contributed by atoms with Gasteiger partial charge in [-0.1, -0.05) is 27.5 Å². The molecule has 5 nitrogen and oxygen atoms in total. The summed E-state index contributed by atoms with van der Waals surface area (Å²) in [6.45, 7) is 2.83. The lowest BCUT2D eigenvalue weighted by Gasteiger charge is -2.17. The van der Waals surface area contributed by atoms with E-state index in [4.69, 9.17) is 26.2 Å². The van der Waals surface area contributed by atoms with Gasteiger partial charge in [0, 0.05) is 22.3 Å². The summed E-state index contributed by atoms with van der Waals surface area (Å²) in [7, 11) is 1.58. The van der Waals surface area contributed by atoms with E-state index in [2.05, 4.69) is 21.2 Å². The molecule has 24 heavy (non-hydrogen) atoms. The van der Waals surface area contributed by atoms with E-state index in [0.717, 1.165) is 10.0 Å². The first kappa shape index (κ1) is 18.4. The van der Waals surface area contributed by atoms with Crippen molar-refractivity contribution in [2.45, 2.75) is 13.5 Å². The number of methoxy groups -OCH3 is 1. The number of nitrogens with one attached hydrogen (secondary N) is 1. The second-order valence-electron chi connectivity index (χ2n) is 4.84. The van der Waals surface area contributed by atoms with Crippen molar-refractivity contribution in [2.24, 2.45) is 0 Å². The minimum absolute atomic E-state index is 0.0522. The molecular weight excluding hydrogens is 398 g/mol. The van der Waals surface area contributed by atoms with Crippen LogP contribution in [0, 0.1) is 0 Å². The molecule has 0 unspecified atom stereocenters. The standard InChI is InChI=1S/C17H17BrClNO4/c1-3-24-16-12(13(18)5-7-15(16)23-2)9-20-10-4-6-14(19)11(8-10)17(21)22/h4-8,20H,3,9H2,1-2H3,(H,21,22). The molecule has 0 aromatic heterocycles. The van der Waals surface area contributed by atoms with Gasteiger partial charge in [0.2, 0.25) is 0 Å². The van der Waals surface area contributed by atoms with E-state index in [0.29, 0.717) is 30.3 Å². The first-order chi connectivity index (χ1) is 11.5. The number of rotatable bonds is 7. The number of halogens is 2. The molecule has 0 aliphatic rings. The van der Waals surface area contributed by atoms with Gasteiger partial charge in [-0.25, -0.2) is 4.79 Å². The molecule has 0 bridgehead atoms. The Morgan fingerprint density at radius 3 is 2.71 bits per heavy atom. The number of carbonyl (C=O) groups is 1. The van der Waals surface area contributed by atoms with Gasteiger partial charge in [0.05, 0.1) is 24.3 Å². The molecule has 0 spiro atoms. The van der Waals surface area contributed by atoms with Gasteiger partial charge in [0.15, 0.2) is 11.5 Å². The van der Waals surface area contributed by atoms with E-state index in [1.54, 1.807) is 19.2 Å². The quantitative estimate of drug-likeness (QED) is 0.680. The minimum atomic E-state index is -1.07. The normalized spacial score (nSPS) is 10.3. The molecule has 0 heterocycles. The molecule has 0 saturated heterocycles. The summed E-state index contributed by atoms with van der Waals surface area (Å²) in [5, 5.41) is 12.5. The van der Waals surface area contributed by atoms with Crippen LogP contribution in [0.5, 0.6) is 11.5 Å². The maximum absolute atomic E-state index is 11.2. The minimum Gasteiger partial charge on any atom is -0.493 e. The van der Waals surface area contributed by atoms with E-state index in [1.807, 2.05) is 19.1 Å². The Kier molecular flexibility index (Phi) is 6.34. The van der Waals surface area contributed by atoms with Crippen molar-refractivity contribution >= 4 is 39.2 Å². The van der Waals surface area contributed by atoms with E-state index < -0.39 is 5.97 Å². The maximum Gasteiger partial charge on any atom is 0.337 e.